The van der Waals surface area contributed by atoms with Gasteiger partial charge in [-0.2, -0.15) is 5.10 Å². The predicted molar refractivity (Wildman–Crippen MR) is 43.1 cm³/mol. The Labute approximate surface area is 65.2 Å². The lowest BCUT2D eigenvalue weighted by atomic mass is 10.2. The molecule has 4 nitrogen and oxygen atoms in total. The van der Waals surface area contributed by atoms with Crippen LogP contribution in [0.25, 0.3) is 0 Å². The van der Waals surface area contributed by atoms with E-state index in [1.165, 1.54) is 0 Å². The minimum absolute atomic E-state index is 0.628. The number of hydrogen-bond acceptors (Lipinski definition) is 2. The fourth-order valence-electron chi connectivity index (χ4n) is 1.05. The number of hydrazone groups is 1. The quantitative estimate of drug-likeness (QED) is 0.536. The number of nitrogens with zero attached hydrogens (tertiary/aromatic N) is 1. The minimum Gasteiger partial charge on any atom is -0.350 e. The molecule has 0 aromatic rings. The molecule has 3 N–H and O–H groups in total. The number of hydrogen-bond donors (Lipinski definition) is 2. The molecule has 1 aliphatic carbocycles. The summed E-state index contributed by atoms with van der Waals surface area (Å²) in [7, 11) is 0. The molecule has 1 fully saturated rings. The van der Waals surface area contributed by atoms with E-state index < -0.39 is 6.03 Å². The van der Waals surface area contributed by atoms with Gasteiger partial charge in [-0.05, 0) is 24.8 Å². The van der Waals surface area contributed by atoms with Crippen molar-refractivity contribution in [3.8, 4) is 0 Å². The molecule has 0 unspecified atom stereocenters. The van der Waals surface area contributed by atoms with Crippen molar-refractivity contribution in [1.29, 1.82) is 0 Å². The number of rotatable bonds is 1. The van der Waals surface area contributed by atoms with Gasteiger partial charge in [-0.1, -0.05) is 6.58 Å². The normalized spacial score (nSPS) is 20.7. The van der Waals surface area contributed by atoms with Crippen LogP contribution >= 0.6 is 0 Å². The van der Waals surface area contributed by atoms with Crippen LogP contribution in [0.1, 0.15) is 19.3 Å². The number of allylic oxidation sites excluding steroid dienone is 1. The van der Waals surface area contributed by atoms with Gasteiger partial charge in [0.2, 0.25) is 0 Å². The Morgan fingerprint density at radius 1 is 1.64 bits per heavy atom. The number of urea groups is 1. The van der Waals surface area contributed by atoms with Gasteiger partial charge in [-0.3, -0.25) is 0 Å². The van der Waals surface area contributed by atoms with E-state index in [1.54, 1.807) is 0 Å². The smallest absolute Gasteiger partial charge is 0.332 e. The molecule has 0 bridgehead atoms. The molecule has 1 saturated carbocycles. The zero-order valence-corrected chi connectivity index (χ0v) is 6.26. The van der Waals surface area contributed by atoms with Crippen LogP contribution in [0.3, 0.4) is 0 Å². The SMILES string of the molecule is C=C1CCC/C1=N\NC(N)=O. The van der Waals surface area contributed by atoms with E-state index in [0.717, 1.165) is 30.5 Å². The van der Waals surface area contributed by atoms with Crippen molar-refractivity contribution in [2.24, 2.45) is 10.8 Å². The highest BCUT2D eigenvalue weighted by Gasteiger charge is 2.12. The Kier molecular flexibility index (Phi) is 2.25. The molecule has 0 heterocycles. The molecular weight excluding hydrogens is 142 g/mol. The number of carbonyl (C=O) groups excluding carboxylic acids is 1. The van der Waals surface area contributed by atoms with Gasteiger partial charge in [0.15, 0.2) is 0 Å². The third kappa shape index (κ3) is 2.07. The molecule has 60 valence electrons. The van der Waals surface area contributed by atoms with Crippen molar-refractivity contribution in [3.05, 3.63) is 12.2 Å². The lowest BCUT2D eigenvalue weighted by molar-refractivity contribution is 0.249. The largest absolute Gasteiger partial charge is 0.350 e. The topological polar surface area (TPSA) is 67.5 Å². The highest BCUT2D eigenvalue weighted by Crippen LogP contribution is 2.19. The third-order valence-electron chi connectivity index (χ3n) is 1.60. The third-order valence-corrected chi connectivity index (χ3v) is 1.60. The van der Waals surface area contributed by atoms with E-state index in [0.29, 0.717) is 0 Å². The van der Waals surface area contributed by atoms with Crippen LogP contribution in [-0.2, 0) is 0 Å². The van der Waals surface area contributed by atoms with Crippen molar-refractivity contribution < 1.29 is 4.79 Å². The second-order valence-corrected chi connectivity index (χ2v) is 2.49. The van der Waals surface area contributed by atoms with E-state index in [4.69, 9.17) is 5.73 Å². The highest BCUT2D eigenvalue weighted by molar-refractivity contribution is 6.01. The van der Waals surface area contributed by atoms with Crippen LogP contribution in [0.2, 0.25) is 0 Å². The molecule has 2 amide bonds. The molecule has 0 aliphatic heterocycles. The van der Waals surface area contributed by atoms with E-state index in [-0.39, 0.29) is 0 Å². The van der Waals surface area contributed by atoms with Crippen molar-refractivity contribution >= 4 is 11.7 Å². The maximum Gasteiger partial charge on any atom is 0.332 e. The molecule has 4 heteroatoms. The number of carbonyl (C=O) groups is 1. The summed E-state index contributed by atoms with van der Waals surface area (Å²) in [5.74, 6) is 0. The summed E-state index contributed by atoms with van der Waals surface area (Å²) < 4.78 is 0. The number of nitrogens with one attached hydrogen (secondary N) is 1. The Morgan fingerprint density at radius 2 is 2.36 bits per heavy atom. The van der Waals surface area contributed by atoms with Crippen molar-refractivity contribution in [2.45, 2.75) is 19.3 Å². The predicted octanol–water partition coefficient (Wildman–Crippen LogP) is 0.751. The van der Waals surface area contributed by atoms with Gasteiger partial charge in [-0.25, -0.2) is 10.2 Å². The molecule has 0 saturated heterocycles. The molecule has 1 aliphatic rings. The zero-order valence-electron chi connectivity index (χ0n) is 6.26. The Bertz CT molecular complexity index is 220. The number of primary amides is 1. The average molecular weight is 153 g/mol. The number of amides is 2. The summed E-state index contributed by atoms with van der Waals surface area (Å²) >= 11 is 0. The Hall–Kier alpha value is -1.32. The fourth-order valence-corrected chi connectivity index (χ4v) is 1.05. The van der Waals surface area contributed by atoms with Gasteiger partial charge in [0.05, 0.1) is 5.71 Å². The average Bonchev–Trinajstić information content (AvgIpc) is 2.31. The van der Waals surface area contributed by atoms with Gasteiger partial charge < -0.3 is 5.73 Å². The molecular formula is C7H11N3O. The Balaban J connectivity index is 2.52. The van der Waals surface area contributed by atoms with Crippen molar-refractivity contribution in [2.75, 3.05) is 0 Å². The second-order valence-electron chi connectivity index (χ2n) is 2.49. The first kappa shape index (κ1) is 7.78. The maximum atomic E-state index is 10.2. The van der Waals surface area contributed by atoms with Gasteiger partial charge in [0.25, 0.3) is 0 Å². The Morgan fingerprint density at radius 3 is 2.82 bits per heavy atom. The fraction of sp³-hybridized carbons (Fsp3) is 0.429. The van der Waals surface area contributed by atoms with Crippen molar-refractivity contribution in [1.82, 2.24) is 5.43 Å². The van der Waals surface area contributed by atoms with Crippen LogP contribution in [0.15, 0.2) is 17.3 Å². The van der Waals surface area contributed by atoms with E-state index in [2.05, 4.69) is 17.1 Å². The molecule has 0 aromatic heterocycles. The maximum absolute atomic E-state index is 10.2. The summed E-state index contributed by atoms with van der Waals surface area (Å²) in [4.78, 5) is 10.2. The standard InChI is InChI=1S/C7H11N3O/c1-5-3-2-4-6(5)9-10-7(8)11/h1-4H2,(H3,8,10,11)/b9-6+. The summed E-state index contributed by atoms with van der Waals surface area (Å²) in [6.07, 6.45) is 2.93. The van der Waals surface area contributed by atoms with E-state index in [1.807, 2.05) is 0 Å². The van der Waals surface area contributed by atoms with Crippen molar-refractivity contribution in [3.63, 3.8) is 0 Å². The summed E-state index contributed by atoms with van der Waals surface area (Å²) in [6.45, 7) is 3.79. The molecule has 0 spiro atoms. The summed E-state index contributed by atoms with van der Waals surface area (Å²) in [6, 6.07) is -0.628. The van der Waals surface area contributed by atoms with E-state index in [9.17, 15) is 4.79 Å². The first-order chi connectivity index (χ1) is 5.20. The summed E-state index contributed by atoms with van der Waals surface area (Å²) in [5, 5.41) is 3.80. The lowest BCUT2D eigenvalue weighted by Gasteiger charge is -1.96. The second kappa shape index (κ2) is 3.18. The van der Waals surface area contributed by atoms with Crippen LogP contribution in [-0.4, -0.2) is 11.7 Å². The van der Waals surface area contributed by atoms with Gasteiger partial charge in [0, 0.05) is 0 Å². The highest BCUT2D eigenvalue weighted by atomic mass is 16.2. The molecule has 0 aromatic carbocycles. The lowest BCUT2D eigenvalue weighted by Crippen LogP contribution is -2.25. The van der Waals surface area contributed by atoms with Crippen LogP contribution in [0, 0.1) is 0 Å². The number of nitrogens with two attached hydrogens (primary N) is 1. The van der Waals surface area contributed by atoms with Gasteiger partial charge in [-0.15, -0.1) is 0 Å². The molecule has 0 radical (unpaired) electrons. The van der Waals surface area contributed by atoms with Gasteiger partial charge >= 0.3 is 6.03 Å². The molecule has 0 atom stereocenters. The zero-order chi connectivity index (χ0) is 8.27. The molecule has 11 heavy (non-hydrogen) atoms. The monoisotopic (exact) mass is 153 g/mol. The minimum atomic E-state index is -0.628. The van der Waals surface area contributed by atoms with E-state index >= 15 is 0 Å². The molecule has 1 rings (SSSR count). The summed E-state index contributed by atoms with van der Waals surface area (Å²) in [5.41, 5.74) is 8.88. The van der Waals surface area contributed by atoms with Crippen LogP contribution < -0.4 is 11.2 Å². The first-order valence-electron chi connectivity index (χ1n) is 3.50. The van der Waals surface area contributed by atoms with Gasteiger partial charge in [0.1, 0.15) is 0 Å². The first-order valence-corrected chi connectivity index (χ1v) is 3.50. The van der Waals surface area contributed by atoms with Crippen LogP contribution in [0.5, 0.6) is 0 Å². The van der Waals surface area contributed by atoms with Crippen LogP contribution in [0.4, 0.5) is 4.79 Å².